The molecule has 2 amide bonds. The number of rotatable bonds is 3. The summed E-state index contributed by atoms with van der Waals surface area (Å²) in [5.74, 6) is 0.522. The number of ether oxygens (including phenoxy) is 1. The summed E-state index contributed by atoms with van der Waals surface area (Å²) in [6.07, 6.45) is 2.58. The first-order valence-electron chi connectivity index (χ1n) is 10.8. The minimum absolute atomic E-state index is 0.0910. The van der Waals surface area contributed by atoms with Gasteiger partial charge in [0.1, 0.15) is 17.2 Å². The van der Waals surface area contributed by atoms with Crippen LogP contribution in [0.5, 0.6) is 5.75 Å². The van der Waals surface area contributed by atoms with E-state index in [-0.39, 0.29) is 29.2 Å². The van der Waals surface area contributed by atoms with Crippen molar-refractivity contribution in [3.63, 3.8) is 0 Å². The summed E-state index contributed by atoms with van der Waals surface area (Å²) in [5, 5.41) is 0. The van der Waals surface area contributed by atoms with E-state index in [1.54, 1.807) is 43.0 Å². The Balaban J connectivity index is 1.50. The Kier molecular flexibility index (Phi) is 5.73. The number of carbonyl (C=O) groups is 2. The standard InChI is InChI=1S/C25H29FN2O3/c1-17-8-9-18(14-21(17)26)24(30)28-12-10-25(11-13-28)16-19(15-23(29)27(2)3)20-6-4-5-7-22(20)31-25/h4-9,14,19H,10-13,15-16H2,1-3H3. The number of carbonyl (C=O) groups excluding carboxylic acids is 2. The molecule has 164 valence electrons. The lowest BCUT2D eigenvalue weighted by Gasteiger charge is -2.47. The van der Waals surface area contributed by atoms with Crippen LogP contribution in [0.3, 0.4) is 0 Å². The van der Waals surface area contributed by atoms with Gasteiger partial charge in [-0.1, -0.05) is 24.3 Å². The van der Waals surface area contributed by atoms with Crippen LogP contribution in [0.15, 0.2) is 42.5 Å². The van der Waals surface area contributed by atoms with Gasteiger partial charge in [-0.3, -0.25) is 9.59 Å². The highest BCUT2D eigenvalue weighted by Crippen LogP contribution is 2.46. The second kappa shape index (κ2) is 8.33. The van der Waals surface area contributed by atoms with Crippen LogP contribution < -0.4 is 4.74 Å². The smallest absolute Gasteiger partial charge is 0.253 e. The van der Waals surface area contributed by atoms with Crippen LogP contribution in [0.2, 0.25) is 0 Å². The van der Waals surface area contributed by atoms with Gasteiger partial charge >= 0.3 is 0 Å². The molecule has 0 saturated carbocycles. The maximum Gasteiger partial charge on any atom is 0.253 e. The van der Waals surface area contributed by atoms with Crippen LogP contribution >= 0.6 is 0 Å². The zero-order chi connectivity index (χ0) is 22.2. The number of piperidine rings is 1. The predicted octanol–water partition coefficient (Wildman–Crippen LogP) is 4.15. The summed E-state index contributed by atoms with van der Waals surface area (Å²) >= 11 is 0. The number of aryl methyl sites for hydroxylation is 1. The van der Waals surface area contributed by atoms with Crippen molar-refractivity contribution in [1.82, 2.24) is 9.80 Å². The van der Waals surface area contributed by atoms with Gasteiger partial charge in [-0.25, -0.2) is 4.39 Å². The Bertz CT molecular complexity index is 996. The Morgan fingerprint density at radius 3 is 2.55 bits per heavy atom. The van der Waals surface area contributed by atoms with Crippen molar-refractivity contribution >= 4 is 11.8 Å². The van der Waals surface area contributed by atoms with Crippen molar-refractivity contribution in [2.24, 2.45) is 0 Å². The fourth-order valence-electron chi connectivity index (χ4n) is 4.65. The largest absolute Gasteiger partial charge is 0.487 e. The van der Waals surface area contributed by atoms with Gasteiger partial charge < -0.3 is 14.5 Å². The van der Waals surface area contributed by atoms with E-state index in [9.17, 15) is 14.0 Å². The Morgan fingerprint density at radius 2 is 1.87 bits per heavy atom. The molecule has 1 saturated heterocycles. The molecule has 1 spiro atoms. The van der Waals surface area contributed by atoms with E-state index in [1.165, 1.54) is 6.07 Å². The topological polar surface area (TPSA) is 49.9 Å². The average molecular weight is 425 g/mol. The van der Waals surface area contributed by atoms with Crippen LogP contribution in [-0.2, 0) is 4.79 Å². The molecule has 0 radical (unpaired) electrons. The van der Waals surface area contributed by atoms with E-state index in [0.717, 1.165) is 17.7 Å². The number of amides is 2. The summed E-state index contributed by atoms with van der Waals surface area (Å²) in [7, 11) is 3.56. The van der Waals surface area contributed by atoms with Crippen LogP contribution in [0.25, 0.3) is 0 Å². The second-order valence-electron chi connectivity index (χ2n) is 8.97. The molecule has 2 aliphatic heterocycles. The lowest BCUT2D eigenvalue weighted by molar-refractivity contribution is -0.129. The van der Waals surface area contributed by atoms with Gasteiger partial charge in [-0.15, -0.1) is 0 Å². The molecule has 2 aromatic rings. The van der Waals surface area contributed by atoms with E-state index in [4.69, 9.17) is 4.74 Å². The molecule has 0 bridgehead atoms. The van der Waals surface area contributed by atoms with E-state index in [0.29, 0.717) is 43.5 Å². The minimum atomic E-state index is -0.388. The normalized spacial score (nSPS) is 19.5. The minimum Gasteiger partial charge on any atom is -0.487 e. The lowest BCUT2D eigenvalue weighted by atomic mass is 9.76. The Labute approximate surface area is 182 Å². The number of hydrogen-bond acceptors (Lipinski definition) is 3. The molecule has 2 aromatic carbocycles. The van der Waals surface area contributed by atoms with E-state index in [2.05, 4.69) is 0 Å². The number of benzene rings is 2. The third-order valence-electron chi connectivity index (χ3n) is 6.60. The molecule has 1 atom stereocenters. The van der Waals surface area contributed by atoms with E-state index >= 15 is 0 Å². The van der Waals surface area contributed by atoms with Crippen molar-refractivity contribution in [2.45, 2.75) is 44.1 Å². The zero-order valence-electron chi connectivity index (χ0n) is 18.4. The summed E-state index contributed by atoms with van der Waals surface area (Å²) in [6.45, 7) is 2.78. The quantitative estimate of drug-likeness (QED) is 0.744. The average Bonchev–Trinajstić information content (AvgIpc) is 2.75. The monoisotopic (exact) mass is 424 g/mol. The highest BCUT2D eigenvalue weighted by Gasteiger charge is 2.44. The first kappa shape index (κ1) is 21.3. The second-order valence-corrected chi connectivity index (χ2v) is 8.97. The summed E-state index contributed by atoms with van der Waals surface area (Å²) in [6, 6.07) is 12.6. The third kappa shape index (κ3) is 4.29. The van der Waals surface area contributed by atoms with Gasteiger partial charge in [0.05, 0.1) is 0 Å². The zero-order valence-corrected chi connectivity index (χ0v) is 18.4. The van der Waals surface area contributed by atoms with Crippen LogP contribution in [-0.4, -0.2) is 54.4 Å². The summed E-state index contributed by atoms with van der Waals surface area (Å²) in [5.41, 5.74) is 1.60. The molecule has 0 N–H and O–H groups in total. The number of nitrogens with zero attached hydrogens (tertiary/aromatic N) is 2. The molecular formula is C25H29FN2O3. The predicted molar refractivity (Wildman–Crippen MR) is 117 cm³/mol. The van der Waals surface area contributed by atoms with Gasteiger partial charge in [0.15, 0.2) is 0 Å². The summed E-state index contributed by atoms with van der Waals surface area (Å²) < 4.78 is 20.4. The van der Waals surface area contributed by atoms with Gasteiger partial charge in [0, 0.05) is 57.9 Å². The lowest BCUT2D eigenvalue weighted by Crippen LogP contribution is -2.52. The van der Waals surface area contributed by atoms with Crippen molar-refractivity contribution in [3.05, 3.63) is 65.0 Å². The summed E-state index contributed by atoms with van der Waals surface area (Å²) in [4.78, 5) is 28.7. The van der Waals surface area contributed by atoms with Crippen molar-refractivity contribution < 1.29 is 18.7 Å². The third-order valence-corrected chi connectivity index (χ3v) is 6.60. The number of halogens is 1. The molecule has 2 aliphatic rings. The maximum absolute atomic E-state index is 13.9. The first-order valence-corrected chi connectivity index (χ1v) is 10.8. The molecule has 0 aromatic heterocycles. The van der Waals surface area contributed by atoms with Gasteiger partial charge in [-0.05, 0) is 42.7 Å². The van der Waals surface area contributed by atoms with E-state index < -0.39 is 0 Å². The molecular weight excluding hydrogens is 395 g/mol. The molecule has 6 heteroatoms. The Morgan fingerprint density at radius 1 is 1.16 bits per heavy atom. The fourth-order valence-corrected chi connectivity index (χ4v) is 4.65. The van der Waals surface area contributed by atoms with E-state index in [1.807, 2.05) is 24.3 Å². The van der Waals surface area contributed by atoms with Gasteiger partial charge in [-0.2, -0.15) is 0 Å². The highest BCUT2D eigenvalue weighted by molar-refractivity contribution is 5.94. The fraction of sp³-hybridized carbons (Fsp3) is 0.440. The van der Waals surface area contributed by atoms with Crippen LogP contribution in [0.4, 0.5) is 4.39 Å². The van der Waals surface area contributed by atoms with Gasteiger partial charge in [0.2, 0.25) is 5.91 Å². The number of likely N-dealkylation sites (tertiary alicyclic amines) is 1. The molecule has 31 heavy (non-hydrogen) atoms. The number of hydrogen-bond donors (Lipinski definition) is 0. The number of fused-ring (bicyclic) bond motifs is 1. The SMILES string of the molecule is Cc1ccc(C(=O)N2CCC3(CC2)CC(CC(=O)N(C)C)c2ccccc2O3)cc1F. The first-order chi connectivity index (χ1) is 14.8. The molecule has 1 fully saturated rings. The number of para-hydroxylation sites is 1. The molecule has 1 unspecified atom stereocenters. The highest BCUT2D eigenvalue weighted by atomic mass is 19.1. The van der Waals surface area contributed by atoms with Crippen LogP contribution in [0, 0.1) is 12.7 Å². The molecule has 2 heterocycles. The molecule has 0 aliphatic carbocycles. The molecule has 4 rings (SSSR count). The van der Waals surface area contributed by atoms with Crippen LogP contribution in [0.1, 0.15) is 53.1 Å². The Hall–Kier alpha value is -2.89. The molecule has 5 nitrogen and oxygen atoms in total. The van der Waals surface area contributed by atoms with Crippen molar-refractivity contribution in [3.8, 4) is 5.75 Å². The van der Waals surface area contributed by atoms with Crippen molar-refractivity contribution in [2.75, 3.05) is 27.2 Å². The maximum atomic E-state index is 13.9. The van der Waals surface area contributed by atoms with Crippen molar-refractivity contribution in [1.29, 1.82) is 0 Å². The van der Waals surface area contributed by atoms with Gasteiger partial charge in [0.25, 0.3) is 5.91 Å².